The molecule has 0 amide bonds. The Morgan fingerprint density at radius 1 is 0.808 bits per heavy atom. The first-order valence-electron chi connectivity index (χ1n) is 9.15. The third-order valence-electron chi connectivity index (χ3n) is 5.63. The van der Waals surface area contributed by atoms with Crippen molar-refractivity contribution in [1.29, 1.82) is 0 Å². The van der Waals surface area contributed by atoms with Crippen molar-refractivity contribution in [1.82, 2.24) is 4.31 Å². The lowest BCUT2D eigenvalue weighted by Gasteiger charge is -2.29. The van der Waals surface area contributed by atoms with Gasteiger partial charge in [-0.3, -0.25) is 0 Å². The van der Waals surface area contributed by atoms with Gasteiger partial charge in [-0.15, -0.1) is 0 Å². The van der Waals surface area contributed by atoms with Crippen molar-refractivity contribution in [3.05, 3.63) is 52.6 Å². The highest BCUT2D eigenvalue weighted by atomic mass is 32.2. The van der Waals surface area contributed by atoms with Gasteiger partial charge in [-0.1, -0.05) is 6.07 Å². The molecule has 0 atom stereocenters. The van der Waals surface area contributed by atoms with E-state index in [-0.39, 0.29) is 6.79 Å². The molecule has 3 aliphatic rings. The Morgan fingerprint density at radius 2 is 1.50 bits per heavy atom. The summed E-state index contributed by atoms with van der Waals surface area (Å²) in [6, 6.07) is 9.57. The van der Waals surface area contributed by atoms with E-state index in [1.807, 2.05) is 24.3 Å². The van der Waals surface area contributed by atoms with Crippen molar-refractivity contribution in [2.75, 3.05) is 13.3 Å². The van der Waals surface area contributed by atoms with Crippen LogP contribution >= 0.6 is 0 Å². The summed E-state index contributed by atoms with van der Waals surface area (Å²) < 4.78 is 38.8. The van der Waals surface area contributed by atoms with Crippen LogP contribution in [-0.4, -0.2) is 26.1 Å². The Kier molecular flexibility index (Phi) is 3.72. The summed E-state index contributed by atoms with van der Waals surface area (Å²) >= 11 is 0. The molecule has 2 aromatic carbocycles. The average Bonchev–Trinajstić information content (AvgIpc) is 3.12. The van der Waals surface area contributed by atoms with Gasteiger partial charge in [-0.05, 0) is 78.6 Å². The first-order valence-corrected chi connectivity index (χ1v) is 10.6. The van der Waals surface area contributed by atoms with Crippen LogP contribution in [0.2, 0.25) is 0 Å². The molecule has 26 heavy (non-hydrogen) atoms. The lowest BCUT2D eigenvalue weighted by atomic mass is 9.92. The van der Waals surface area contributed by atoms with E-state index < -0.39 is 10.0 Å². The van der Waals surface area contributed by atoms with E-state index in [0.29, 0.717) is 30.2 Å². The van der Waals surface area contributed by atoms with Crippen LogP contribution in [-0.2, 0) is 35.8 Å². The van der Waals surface area contributed by atoms with Crippen LogP contribution in [0.25, 0.3) is 0 Å². The molecule has 5 rings (SSSR count). The normalized spacial score (nSPS) is 19.1. The van der Waals surface area contributed by atoms with Crippen LogP contribution in [0.4, 0.5) is 0 Å². The highest BCUT2D eigenvalue weighted by molar-refractivity contribution is 7.89. The smallest absolute Gasteiger partial charge is 0.243 e. The van der Waals surface area contributed by atoms with E-state index in [1.54, 1.807) is 10.4 Å². The first-order chi connectivity index (χ1) is 12.6. The Labute approximate surface area is 153 Å². The number of hydrogen-bond donors (Lipinski definition) is 0. The summed E-state index contributed by atoms with van der Waals surface area (Å²) in [5.41, 5.74) is 4.64. The Bertz CT molecular complexity index is 984. The maximum absolute atomic E-state index is 13.2. The Morgan fingerprint density at radius 3 is 2.31 bits per heavy atom. The summed E-state index contributed by atoms with van der Waals surface area (Å²) in [6.45, 7) is 1.10. The largest absolute Gasteiger partial charge is 0.454 e. The summed E-state index contributed by atoms with van der Waals surface area (Å²) in [7, 11) is -3.49. The number of aryl methyl sites for hydroxylation is 2. The molecule has 0 saturated heterocycles. The van der Waals surface area contributed by atoms with Crippen LogP contribution in [0.5, 0.6) is 11.5 Å². The lowest BCUT2D eigenvalue weighted by Crippen LogP contribution is -2.36. The second-order valence-electron chi connectivity index (χ2n) is 7.20. The number of benzene rings is 2. The van der Waals surface area contributed by atoms with Crippen molar-refractivity contribution in [3.63, 3.8) is 0 Å². The van der Waals surface area contributed by atoms with Gasteiger partial charge in [-0.25, -0.2) is 8.42 Å². The van der Waals surface area contributed by atoms with Gasteiger partial charge in [0.2, 0.25) is 16.8 Å². The first kappa shape index (κ1) is 16.1. The van der Waals surface area contributed by atoms with Crippen LogP contribution < -0.4 is 9.47 Å². The van der Waals surface area contributed by atoms with E-state index in [2.05, 4.69) is 0 Å². The van der Waals surface area contributed by atoms with Crippen LogP contribution in [0.1, 0.15) is 35.1 Å². The van der Waals surface area contributed by atoms with Crippen molar-refractivity contribution in [3.8, 4) is 11.5 Å². The molecule has 0 bridgehead atoms. The predicted molar refractivity (Wildman–Crippen MR) is 96.9 cm³/mol. The fourth-order valence-corrected chi connectivity index (χ4v) is 5.61. The highest BCUT2D eigenvalue weighted by Gasteiger charge is 2.30. The van der Waals surface area contributed by atoms with Gasteiger partial charge in [0, 0.05) is 13.1 Å². The standard InChI is InChI=1S/C20H21NO4S/c22-26(23,18-6-5-14-3-1-2-4-15(14)9-18)21-8-7-16-10-19-20(25-13-24-19)11-17(16)12-21/h5-6,9-11H,1-4,7-8,12-13H2. The molecule has 2 aromatic rings. The van der Waals surface area contributed by atoms with Crippen molar-refractivity contribution >= 4 is 10.0 Å². The summed E-state index contributed by atoms with van der Waals surface area (Å²) in [6.07, 6.45) is 5.06. The van der Waals surface area contributed by atoms with Crippen LogP contribution in [0, 0.1) is 0 Å². The fourth-order valence-electron chi connectivity index (χ4n) is 4.14. The molecule has 0 spiro atoms. The Balaban J connectivity index is 1.46. The molecule has 0 unspecified atom stereocenters. The molecule has 0 radical (unpaired) electrons. The van der Waals surface area contributed by atoms with Gasteiger partial charge in [0.15, 0.2) is 11.5 Å². The molecule has 136 valence electrons. The highest BCUT2D eigenvalue weighted by Crippen LogP contribution is 2.37. The molecule has 1 aliphatic carbocycles. The van der Waals surface area contributed by atoms with Gasteiger partial charge >= 0.3 is 0 Å². The molecule has 6 heteroatoms. The van der Waals surface area contributed by atoms with Gasteiger partial charge < -0.3 is 9.47 Å². The maximum Gasteiger partial charge on any atom is 0.243 e. The number of sulfonamides is 1. The molecule has 5 nitrogen and oxygen atoms in total. The SMILES string of the molecule is O=S(=O)(c1ccc2c(c1)CCCC2)N1CCc2cc3c(cc2C1)OCO3. The van der Waals surface area contributed by atoms with Gasteiger partial charge in [-0.2, -0.15) is 4.31 Å². The molecular formula is C20H21NO4S. The van der Waals surface area contributed by atoms with Crippen molar-refractivity contribution in [2.45, 2.75) is 43.5 Å². The molecule has 0 saturated carbocycles. The molecular weight excluding hydrogens is 350 g/mol. The number of ether oxygens (including phenoxy) is 2. The third kappa shape index (κ3) is 2.59. The zero-order valence-electron chi connectivity index (χ0n) is 14.5. The zero-order valence-corrected chi connectivity index (χ0v) is 15.3. The van der Waals surface area contributed by atoms with E-state index in [1.165, 1.54) is 17.5 Å². The fraction of sp³-hybridized carbons (Fsp3) is 0.400. The second kappa shape index (κ2) is 5.99. The number of fused-ring (bicyclic) bond motifs is 3. The van der Waals surface area contributed by atoms with E-state index in [9.17, 15) is 8.42 Å². The van der Waals surface area contributed by atoms with Gasteiger partial charge in [0.05, 0.1) is 4.90 Å². The minimum absolute atomic E-state index is 0.232. The second-order valence-corrected chi connectivity index (χ2v) is 9.14. The van der Waals surface area contributed by atoms with Crippen molar-refractivity contribution in [2.24, 2.45) is 0 Å². The van der Waals surface area contributed by atoms with Crippen LogP contribution in [0.15, 0.2) is 35.2 Å². The van der Waals surface area contributed by atoms with E-state index >= 15 is 0 Å². The molecule has 2 heterocycles. The minimum atomic E-state index is -3.49. The number of rotatable bonds is 2. The third-order valence-corrected chi connectivity index (χ3v) is 7.47. The topological polar surface area (TPSA) is 55.8 Å². The summed E-state index contributed by atoms with van der Waals surface area (Å²) in [5.74, 6) is 1.46. The van der Waals surface area contributed by atoms with Gasteiger partial charge in [0.25, 0.3) is 0 Å². The summed E-state index contributed by atoms with van der Waals surface area (Å²) in [5, 5.41) is 0. The molecule has 0 fully saturated rings. The zero-order chi connectivity index (χ0) is 17.7. The Hall–Kier alpha value is -2.05. The predicted octanol–water partition coefficient (Wildman–Crippen LogP) is 3.04. The summed E-state index contributed by atoms with van der Waals surface area (Å²) in [4.78, 5) is 0.419. The van der Waals surface area contributed by atoms with Crippen LogP contribution in [0.3, 0.4) is 0 Å². The maximum atomic E-state index is 13.2. The quantitative estimate of drug-likeness (QED) is 0.814. The monoisotopic (exact) mass is 371 g/mol. The number of nitrogens with zero attached hydrogens (tertiary/aromatic N) is 1. The molecule has 0 N–H and O–H groups in total. The van der Waals surface area contributed by atoms with E-state index in [4.69, 9.17) is 9.47 Å². The molecule has 0 aromatic heterocycles. The lowest BCUT2D eigenvalue weighted by molar-refractivity contribution is 0.174. The molecule has 2 aliphatic heterocycles. The minimum Gasteiger partial charge on any atom is -0.454 e. The number of hydrogen-bond acceptors (Lipinski definition) is 4. The van der Waals surface area contributed by atoms with Gasteiger partial charge in [0.1, 0.15) is 0 Å². The van der Waals surface area contributed by atoms with E-state index in [0.717, 1.165) is 36.1 Å². The van der Waals surface area contributed by atoms with Crippen molar-refractivity contribution < 1.29 is 17.9 Å². The average molecular weight is 371 g/mol.